The van der Waals surface area contributed by atoms with E-state index in [1.807, 2.05) is 0 Å². The Labute approximate surface area is 154 Å². The van der Waals surface area contributed by atoms with Gasteiger partial charge in [0.05, 0.1) is 0 Å². The van der Waals surface area contributed by atoms with Crippen molar-refractivity contribution < 1.29 is 39.9 Å². The van der Waals surface area contributed by atoms with Gasteiger partial charge in [-0.25, -0.2) is 22.0 Å². The minimum Gasteiger partial charge on any atom is -0.321 e. The molecule has 0 radical (unpaired) electrons. The van der Waals surface area contributed by atoms with Crippen molar-refractivity contribution in [3.05, 3.63) is 64.5 Å². The van der Waals surface area contributed by atoms with Crippen LogP contribution in [0.3, 0.4) is 0 Å². The topological polar surface area (TPSA) is 29.1 Å². The molecule has 0 fully saturated rings. The van der Waals surface area contributed by atoms with Gasteiger partial charge in [-0.15, -0.1) is 0 Å². The zero-order chi connectivity index (χ0) is 21.1. The van der Waals surface area contributed by atoms with E-state index in [2.05, 4.69) is 0 Å². The largest absolute Gasteiger partial charge is 0.422 e. The molecule has 2 nitrogen and oxygen atoms in total. The van der Waals surface area contributed by atoms with Crippen LogP contribution in [0, 0.1) is 29.1 Å². The van der Waals surface area contributed by atoms with Gasteiger partial charge in [0.25, 0.3) is 0 Å². The number of amides is 1. The van der Waals surface area contributed by atoms with Gasteiger partial charge in [0.15, 0.2) is 23.3 Å². The van der Waals surface area contributed by atoms with Crippen molar-refractivity contribution in [3.63, 3.8) is 0 Å². The van der Waals surface area contributed by atoms with Crippen molar-refractivity contribution >= 4 is 11.6 Å². The van der Waals surface area contributed by atoms with Crippen molar-refractivity contribution in [3.8, 4) is 0 Å². The number of rotatable bonds is 6. The SMILES string of the molecule is O=C(CCCCc1ccc(F)cc1)Nc1c(F)c(F)c(C(F)(F)F)c(F)c1F. The predicted octanol–water partition coefficient (Wildman–Crippen LogP) is 5.75. The molecule has 0 aliphatic heterocycles. The van der Waals surface area contributed by atoms with Gasteiger partial charge in [-0.05, 0) is 37.0 Å². The number of benzene rings is 2. The average molecular weight is 411 g/mol. The van der Waals surface area contributed by atoms with Gasteiger partial charge < -0.3 is 5.32 Å². The lowest BCUT2D eigenvalue weighted by molar-refractivity contribution is -0.143. The number of alkyl halides is 3. The molecule has 2 rings (SSSR count). The van der Waals surface area contributed by atoms with E-state index < -0.39 is 52.4 Å². The molecule has 28 heavy (non-hydrogen) atoms. The molecule has 1 amide bonds. The minimum atomic E-state index is -5.65. The number of hydrogen-bond donors (Lipinski definition) is 1. The molecule has 0 saturated carbocycles. The first-order valence-corrected chi connectivity index (χ1v) is 7.99. The molecular formula is C18H13F8NO. The summed E-state index contributed by atoms with van der Waals surface area (Å²) < 4.78 is 105. The summed E-state index contributed by atoms with van der Waals surface area (Å²) in [6.45, 7) is 0. The lowest BCUT2D eigenvalue weighted by Crippen LogP contribution is -2.20. The first kappa shape index (κ1) is 21.6. The second kappa shape index (κ2) is 8.57. The third-order valence-electron chi connectivity index (χ3n) is 3.84. The van der Waals surface area contributed by atoms with E-state index in [1.54, 1.807) is 5.32 Å². The highest BCUT2D eigenvalue weighted by atomic mass is 19.4. The number of halogens is 8. The lowest BCUT2D eigenvalue weighted by Gasteiger charge is -2.14. The monoisotopic (exact) mass is 411 g/mol. The summed E-state index contributed by atoms with van der Waals surface area (Å²) in [5.41, 5.74) is -3.54. The Hall–Kier alpha value is -2.65. The van der Waals surface area contributed by atoms with Gasteiger partial charge >= 0.3 is 6.18 Å². The third-order valence-corrected chi connectivity index (χ3v) is 3.84. The van der Waals surface area contributed by atoms with E-state index >= 15 is 0 Å². The first-order chi connectivity index (χ1) is 13.0. The number of aryl methyl sites for hydroxylation is 1. The first-order valence-electron chi connectivity index (χ1n) is 7.99. The van der Waals surface area contributed by atoms with Crippen LogP contribution < -0.4 is 5.32 Å². The predicted molar refractivity (Wildman–Crippen MR) is 83.9 cm³/mol. The highest BCUT2D eigenvalue weighted by molar-refractivity contribution is 5.91. The molecular weight excluding hydrogens is 398 g/mol. The molecule has 0 aliphatic rings. The van der Waals surface area contributed by atoms with E-state index in [0.717, 1.165) is 5.56 Å². The summed E-state index contributed by atoms with van der Waals surface area (Å²) in [5, 5.41) is 1.56. The Bertz CT molecular complexity index is 832. The number of unbranched alkanes of at least 4 members (excludes halogenated alkanes) is 1. The van der Waals surface area contributed by atoms with Crippen LogP contribution in [0.25, 0.3) is 0 Å². The fourth-order valence-electron chi connectivity index (χ4n) is 2.46. The van der Waals surface area contributed by atoms with E-state index in [4.69, 9.17) is 0 Å². The van der Waals surface area contributed by atoms with Crippen LogP contribution in [0.5, 0.6) is 0 Å². The van der Waals surface area contributed by atoms with Gasteiger partial charge in [0, 0.05) is 6.42 Å². The standard InChI is InChI=1S/C18H13F8NO/c19-10-7-5-9(6-8-10)3-1-2-4-11(28)27-17-15(22)13(20)12(18(24,25)26)14(21)16(17)23/h5-8H,1-4H2,(H,27,28). The Kier molecular flexibility index (Phi) is 6.63. The second-order valence-electron chi connectivity index (χ2n) is 5.89. The van der Waals surface area contributed by atoms with E-state index in [-0.39, 0.29) is 12.8 Å². The van der Waals surface area contributed by atoms with E-state index in [1.165, 1.54) is 24.3 Å². The Morgan fingerprint density at radius 2 is 1.36 bits per heavy atom. The minimum absolute atomic E-state index is 0.206. The normalized spacial score (nSPS) is 11.6. The van der Waals surface area contributed by atoms with E-state index in [9.17, 15) is 39.9 Å². The van der Waals surface area contributed by atoms with Crippen molar-refractivity contribution in [2.24, 2.45) is 0 Å². The smallest absolute Gasteiger partial charge is 0.321 e. The second-order valence-corrected chi connectivity index (χ2v) is 5.89. The number of nitrogens with one attached hydrogen (secondary N) is 1. The molecule has 0 unspecified atom stereocenters. The molecule has 0 saturated heterocycles. The summed E-state index contributed by atoms with van der Waals surface area (Å²) in [4.78, 5) is 11.7. The Morgan fingerprint density at radius 1 is 0.821 bits per heavy atom. The van der Waals surface area contributed by atoms with Gasteiger partial charge in [0.2, 0.25) is 5.91 Å². The lowest BCUT2D eigenvalue weighted by atomic mass is 10.1. The van der Waals surface area contributed by atoms with Crippen molar-refractivity contribution in [2.45, 2.75) is 31.9 Å². The summed E-state index contributed by atoms with van der Waals surface area (Å²) in [7, 11) is 0. The maximum absolute atomic E-state index is 13.7. The summed E-state index contributed by atoms with van der Waals surface area (Å²) >= 11 is 0. The highest BCUT2D eigenvalue weighted by Crippen LogP contribution is 2.38. The van der Waals surface area contributed by atoms with Crippen molar-refractivity contribution in [1.29, 1.82) is 0 Å². The molecule has 1 N–H and O–H groups in total. The van der Waals surface area contributed by atoms with Crippen LogP contribution in [0.4, 0.5) is 40.8 Å². The summed E-state index contributed by atoms with van der Waals surface area (Å²) in [5.74, 6) is -11.4. The zero-order valence-corrected chi connectivity index (χ0v) is 14.1. The van der Waals surface area contributed by atoms with Crippen molar-refractivity contribution in [1.82, 2.24) is 0 Å². The van der Waals surface area contributed by atoms with Gasteiger partial charge in [-0.3, -0.25) is 4.79 Å². The number of carbonyl (C=O) groups excluding carboxylic acids is 1. The molecule has 0 bridgehead atoms. The average Bonchev–Trinajstić information content (AvgIpc) is 2.61. The molecule has 2 aromatic carbocycles. The molecule has 0 atom stereocenters. The molecule has 0 heterocycles. The molecule has 10 heteroatoms. The fourth-order valence-corrected chi connectivity index (χ4v) is 2.46. The third kappa shape index (κ3) is 4.99. The molecule has 0 spiro atoms. The molecule has 0 aromatic heterocycles. The quantitative estimate of drug-likeness (QED) is 0.366. The van der Waals surface area contributed by atoms with Crippen LogP contribution in [0.2, 0.25) is 0 Å². The van der Waals surface area contributed by atoms with Gasteiger partial charge in [0.1, 0.15) is 17.1 Å². The van der Waals surface area contributed by atoms with Gasteiger partial charge in [-0.1, -0.05) is 12.1 Å². The number of hydrogen-bond acceptors (Lipinski definition) is 1. The molecule has 0 aliphatic carbocycles. The maximum Gasteiger partial charge on any atom is 0.422 e. The van der Waals surface area contributed by atoms with Crippen LogP contribution in [-0.4, -0.2) is 5.91 Å². The zero-order valence-electron chi connectivity index (χ0n) is 14.1. The molecule has 152 valence electrons. The fraction of sp³-hybridized carbons (Fsp3) is 0.278. The van der Waals surface area contributed by atoms with Gasteiger partial charge in [-0.2, -0.15) is 13.2 Å². The number of carbonyl (C=O) groups is 1. The van der Waals surface area contributed by atoms with Crippen LogP contribution in [-0.2, 0) is 17.4 Å². The molecule has 2 aromatic rings. The summed E-state index contributed by atoms with van der Waals surface area (Å²) in [6.07, 6.45) is -4.85. The van der Waals surface area contributed by atoms with Crippen molar-refractivity contribution in [2.75, 3.05) is 5.32 Å². The maximum atomic E-state index is 13.7. The Morgan fingerprint density at radius 3 is 1.86 bits per heavy atom. The Balaban J connectivity index is 2.01. The number of anilines is 1. The van der Waals surface area contributed by atoms with E-state index in [0.29, 0.717) is 12.8 Å². The van der Waals surface area contributed by atoms with Crippen LogP contribution in [0.1, 0.15) is 30.4 Å². The summed E-state index contributed by atoms with van der Waals surface area (Å²) in [6, 6.07) is 5.57. The van der Waals surface area contributed by atoms with Crippen LogP contribution >= 0.6 is 0 Å². The van der Waals surface area contributed by atoms with Crippen LogP contribution in [0.15, 0.2) is 24.3 Å². The highest BCUT2D eigenvalue weighted by Gasteiger charge is 2.42.